The van der Waals surface area contributed by atoms with Crippen LogP contribution in [0.3, 0.4) is 0 Å². The molecule has 0 spiro atoms. The molecule has 0 amide bonds. The van der Waals surface area contributed by atoms with E-state index in [0.29, 0.717) is 6.04 Å². The van der Waals surface area contributed by atoms with Crippen LogP contribution in [-0.2, 0) is 0 Å². The fourth-order valence-corrected chi connectivity index (χ4v) is 1.81. The second kappa shape index (κ2) is 6.37. The molecule has 0 aromatic heterocycles. The van der Waals surface area contributed by atoms with Gasteiger partial charge in [0.15, 0.2) is 0 Å². The molecule has 0 aliphatic heterocycles. The molecule has 0 bridgehead atoms. The van der Waals surface area contributed by atoms with Crippen LogP contribution in [0.25, 0.3) is 0 Å². The number of hydrazine groups is 1. The standard InChI is InChI=1S/C11H17IN2/c1-2-3-4-11(14-13)9-5-7-10(12)8-6-9/h5-8,11,14H,2-4,13H2,1H3. The Morgan fingerprint density at radius 2 is 2.00 bits per heavy atom. The molecule has 1 rings (SSSR count). The van der Waals surface area contributed by atoms with Gasteiger partial charge in [-0.1, -0.05) is 31.9 Å². The number of hydrogen-bond acceptors (Lipinski definition) is 2. The Morgan fingerprint density at radius 1 is 1.36 bits per heavy atom. The van der Waals surface area contributed by atoms with Crippen molar-refractivity contribution in [3.05, 3.63) is 33.4 Å². The van der Waals surface area contributed by atoms with E-state index in [9.17, 15) is 0 Å². The van der Waals surface area contributed by atoms with Crippen molar-refractivity contribution >= 4 is 22.6 Å². The van der Waals surface area contributed by atoms with E-state index in [1.807, 2.05) is 0 Å². The van der Waals surface area contributed by atoms with Crippen LogP contribution in [-0.4, -0.2) is 0 Å². The Labute approximate surface area is 99.4 Å². The summed E-state index contributed by atoms with van der Waals surface area (Å²) in [4.78, 5) is 0. The fraction of sp³-hybridized carbons (Fsp3) is 0.455. The van der Waals surface area contributed by atoms with E-state index in [4.69, 9.17) is 5.84 Å². The van der Waals surface area contributed by atoms with Gasteiger partial charge in [-0.3, -0.25) is 11.3 Å². The molecule has 1 aromatic carbocycles. The number of nitrogens with one attached hydrogen (secondary N) is 1. The minimum Gasteiger partial charge on any atom is -0.271 e. The summed E-state index contributed by atoms with van der Waals surface area (Å²) >= 11 is 2.31. The van der Waals surface area contributed by atoms with Crippen molar-refractivity contribution in [1.82, 2.24) is 5.43 Å². The Hall–Kier alpha value is -0.130. The SMILES string of the molecule is CCCCC(NN)c1ccc(I)cc1. The summed E-state index contributed by atoms with van der Waals surface area (Å²) in [6.45, 7) is 2.20. The smallest absolute Gasteiger partial charge is 0.0460 e. The van der Waals surface area contributed by atoms with Gasteiger partial charge in [0, 0.05) is 9.61 Å². The highest BCUT2D eigenvalue weighted by Crippen LogP contribution is 2.19. The monoisotopic (exact) mass is 304 g/mol. The van der Waals surface area contributed by atoms with Gasteiger partial charge in [0.05, 0.1) is 0 Å². The van der Waals surface area contributed by atoms with E-state index >= 15 is 0 Å². The molecule has 0 aliphatic rings. The second-order valence-electron chi connectivity index (χ2n) is 3.41. The van der Waals surface area contributed by atoms with Gasteiger partial charge in [-0.25, -0.2) is 0 Å². The molecule has 0 radical (unpaired) electrons. The van der Waals surface area contributed by atoms with Crippen LogP contribution in [0.1, 0.15) is 37.8 Å². The second-order valence-corrected chi connectivity index (χ2v) is 4.66. The molecule has 0 aliphatic carbocycles. The van der Waals surface area contributed by atoms with Crippen molar-refractivity contribution in [3.8, 4) is 0 Å². The van der Waals surface area contributed by atoms with Crippen LogP contribution in [0.2, 0.25) is 0 Å². The number of unbranched alkanes of at least 4 members (excludes halogenated alkanes) is 1. The Balaban J connectivity index is 2.64. The molecule has 1 unspecified atom stereocenters. The molecular weight excluding hydrogens is 287 g/mol. The molecule has 0 fully saturated rings. The van der Waals surface area contributed by atoms with Gasteiger partial charge in [0.25, 0.3) is 0 Å². The zero-order valence-corrected chi connectivity index (χ0v) is 10.6. The van der Waals surface area contributed by atoms with Gasteiger partial charge < -0.3 is 0 Å². The molecule has 1 aromatic rings. The fourth-order valence-electron chi connectivity index (χ4n) is 1.45. The summed E-state index contributed by atoms with van der Waals surface area (Å²) < 4.78 is 1.26. The first-order chi connectivity index (χ1) is 6.77. The van der Waals surface area contributed by atoms with Gasteiger partial charge >= 0.3 is 0 Å². The highest BCUT2D eigenvalue weighted by Gasteiger charge is 2.07. The lowest BCUT2D eigenvalue weighted by molar-refractivity contribution is 0.495. The van der Waals surface area contributed by atoms with E-state index in [1.165, 1.54) is 22.0 Å². The van der Waals surface area contributed by atoms with Gasteiger partial charge in [-0.2, -0.15) is 0 Å². The molecular formula is C11H17IN2. The lowest BCUT2D eigenvalue weighted by atomic mass is 10.0. The molecule has 3 heteroatoms. The molecule has 14 heavy (non-hydrogen) atoms. The van der Waals surface area contributed by atoms with Crippen LogP contribution >= 0.6 is 22.6 Å². The van der Waals surface area contributed by atoms with Gasteiger partial charge in [0.2, 0.25) is 0 Å². The predicted octanol–water partition coefficient (Wildman–Crippen LogP) is 2.99. The zero-order valence-electron chi connectivity index (χ0n) is 8.46. The Bertz CT molecular complexity index is 258. The minimum atomic E-state index is 0.298. The van der Waals surface area contributed by atoms with E-state index in [1.54, 1.807) is 0 Å². The third-order valence-corrected chi connectivity index (χ3v) is 3.04. The van der Waals surface area contributed by atoms with Crippen LogP contribution in [0.5, 0.6) is 0 Å². The molecule has 78 valence electrons. The Kier molecular flexibility index (Phi) is 5.44. The number of benzene rings is 1. The number of halogens is 1. The summed E-state index contributed by atoms with van der Waals surface area (Å²) in [5.41, 5.74) is 4.15. The summed E-state index contributed by atoms with van der Waals surface area (Å²) in [5.74, 6) is 5.53. The van der Waals surface area contributed by atoms with E-state index in [0.717, 1.165) is 6.42 Å². The normalized spacial score (nSPS) is 12.8. The number of nitrogens with two attached hydrogens (primary N) is 1. The van der Waals surface area contributed by atoms with Crippen molar-refractivity contribution in [2.24, 2.45) is 5.84 Å². The van der Waals surface area contributed by atoms with Crippen LogP contribution < -0.4 is 11.3 Å². The highest BCUT2D eigenvalue weighted by molar-refractivity contribution is 14.1. The van der Waals surface area contributed by atoms with Gasteiger partial charge in [-0.15, -0.1) is 0 Å². The lowest BCUT2D eigenvalue weighted by Gasteiger charge is -2.15. The lowest BCUT2D eigenvalue weighted by Crippen LogP contribution is -2.27. The first kappa shape index (κ1) is 11.9. The first-order valence-corrected chi connectivity index (χ1v) is 6.07. The highest BCUT2D eigenvalue weighted by atomic mass is 127. The van der Waals surface area contributed by atoms with Crippen molar-refractivity contribution in [3.63, 3.8) is 0 Å². The summed E-state index contributed by atoms with van der Waals surface area (Å²) in [6.07, 6.45) is 3.52. The van der Waals surface area contributed by atoms with Crippen molar-refractivity contribution in [2.45, 2.75) is 32.2 Å². The van der Waals surface area contributed by atoms with Crippen LogP contribution in [0, 0.1) is 3.57 Å². The molecule has 2 nitrogen and oxygen atoms in total. The topological polar surface area (TPSA) is 38.0 Å². The summed E-state index contributed by atoms with van der Waals surface area (Å²) in [7, 11) is 0. The molecule has 0 heterocycles. The molecule has 1 atom stereocenters. The molecule has 0 saturated carbocycles. The first-order valence-electron chi connectivity index (χ1n) is 4.99. The predicted molar refractivity (Wildman–Crippen MR) is 68.7 cm³/mol. The Morgan fingerprint density at radius 3 is 2.50 bits per heavy atom. The maximum atomic E-state index is 5.53. The quantitative estimate of drug-likeness (QED) is 0.498. The summed E-state index contributed by atoms with van der Waals surface area (Å²) in [5, 5.41) is 0. The third-order valence-electron chi connectivity index (χ3n) is 2.32. The summed E-state index contributed by atoms with van der Waals surface area (Å²) in [6, 6.07) is 8.81. The van der Waals surface area contributed by atoms with E-state index in [-0.39, 0.29) is 0 Å². The number of rotatable bonds is 5. The van der Waals surface area contributed by atoms with E-state index in [2.05, 4.69) is 59.2 Å². The van der Waals surface area contributed by atoms with Crippen LogP contribution in [0.4, 0.5) is 0 Å². The largest absolute Gasteiger partial charge is 0.271 e. The average molecular weight is 304 g/mol. The van der Waals surface area contributed by atoms with Crippen molar-refractivity contribution in [2.75, 3.05) is 0 Å². The van der Waals surface area contributed by atoms with E-state index < -0.39 is 0 Å². The van der Waals surface area contributed by atoms with Crippen molar-refractivity contribution < 1.29 is 0 Å². The molecule has 3 N–H and O–H groups in total. The third kappa shape index (κ3) is 3.55. The average Bonchev–Trinajstić information content (AvgIpc) is 2.21. The van der Waals surface area contributed by atoms with Gasteiger partial charge in [-0.05, 0) is 46.7 Å². The number of hydrogen-bond donors (Lipinski definition) is 2. The molecule has 0 saturated heterocycles. The van der Waals surface area contributed by atoms with Crippen LogP contribution in [0.15, 0.2) is 24.3 Å². The maximum Gasteiger partial charge on any atom is 0.0460 e. The van der Waals surface area contributed by atoms with Crippen molar-refractivity contribution in [1.29, 1.82) is 0 Å². The maximum absolute atomic E-state index is 5.53. The van der Waals surface area contributed by atoms with Gasteiger partial charge in [0.1, 0.15) is 0 Å². The zero-order chi connectivity index (χ0) is 10.4. The minimum absolute atomic E-state index is 0.298.